The molecule has 1 aromatic carbocycles. The van der Waals surface area contributed by atoms with Crippen LogP contribution in [-0.4, -0.2) is 24.5 Å². The summed E-state index contributed by atoms with van der Waals surface area (Å²) in [6.45, 7) is 2.35. The van der Waals surface area contributed by atoms with Crippen LogP contribution in [0.1, 0.15) is 43.6 Å². The highest BCUT2D eigenvalue weighted by molar-refractivity contribution is 5.56. The van der Waals surface area contributed by atoms with E-state index in [1.54, 1.807) is 7.11 Å². The molecule has 5 nitrogen and oxygen atoms in total. The van der Waals surface area contributed by atoms with Crippen molar-refractivity contribution < 1.29 is 18.7 Å². The zero-order valence-electron chi connectivity index (χ0n) is 14.9. The number of carbonyl (C=O) groups is 1. The molecule has 0 bridgehead atoms. The van der Waals surface area contributed by atoms with Gasteiger partial charge in [-0.3, -0.25) is 0 Å². The van der Waals surface area contributed by atoms with Gasteiger partial charge >= 0.3 is 0 Å². The van der Waals surface area contributed by atoms with Crippen molar-refractivity contribution in [3.63, 3.8) is 0 Å². The van der Waals surface area contributed by atoms with Crippen molar-refractivity contribution in [2.24, 2.45) is 5.92 Å². The maximum Gasteiger partial charge on any atom is 0.226 e. The van der Waals surface area contributed by atoms with Gasteiger partial charge in [-0.25, -0.2) is 4.98 Å². The lowest BCUT2D eigenvalue weighted by molar-refractivity contribution is -0.109. The highest BCUT2D eigenvalue weighted by Gasteiger charge is 2.23. The summed E-state index contributed by atoms with van der Waals surface area (Å²) in [6.07, 6.45) is 6.12. The Balaban J connectivity index is 1.63. The van der Waals surface area contributed by atoms with Gasteiger partial charge in [-0.2, -0.15) is 0 Å². The molecule has 1 heterocycles. The van der Waals surface area contributed by atoms with Gasteiger partial charge in [0.25, 0.3) is 0 Å². The molecule has 3 rings (SSSR count). The first kappa shape index (κ1) is 17.7. The minimum Gasteiger partial charge on any atom is -0.497 e. The van der Waals surface area contributed by atoms with Crippen LogP contribution in [0, 0.1) is 12.8 Å². The lowest BCUT2D eigenvalue weighted by Gasteiger charge is -2.27. The lowest BCUT2D eigenvalue weighted by Crippen LogP contribution is -2.23. The van der Waals surface area contributed by atoms with E-state index in [4.69, 9.17) is 13.9 Å². The largest absolute Gasteiger partial charge is 0.497 e. The summed E-state index contributed by atoms with van der Waals surface area (Å²) < 4.78 is 17.1. The number of hydrogen-bond acceptors (Lipinski definition) is 5. The van der Waals surface area contributed by atoms with E-state index in [1.165, 1.54) is 0 Å². The van der Waals surface area contributed by atoms with Crippen LogP contribution >= 0.6 is 0 Å². The van der Waals surface area contributed by atoms with Gasteiger partial charge in [-0.1, -0.05) is 12.5 Å². The number of nitrogens with zero attached hydrogens (tertiary/aromatic N) is 1. The van der Waals surface area contributed by atoms with E-state index in [0.717, 1.165) is 54.7 Å². The number of aromatic nitrogens is 1. The molecule has 0 unspecified atom stereocenters. The quantitative estimate of drug-likeness (QED) is 0.701. The number of methoxy groups -OCH3 is 1. The summed E-state index contributed by atoms with van der Waals surface area (Å²) in [7, 11) is 1.64. The predicted molar refractivity (Wildman–Crippen MR) is 94.4 cm³/mol. The number of oxazole rings is 1. The third-order valence-corrected chi connectivity index (χ3v) is 4.83. The van der Waals surface area contributed by atoms with Crippen LogP contribution in [0.3, 0.4) is 0 Å². The second-order valence-electron chi connectivity index (χ2n) is 6.62. The number of carbonyl (C=O) groups excluding carboxylic acids is 1. The fourth-order valence-electron chi connectivity index (χ4n) is 3.38. The van der Waals surface area contributed by atoms with Gasteiger partial charge in [0.15, 0.2) is 0 Å². The number of benzene rings is 1. The van der Waals surface area contributed by atoms with Gasteiger partial charge in [0.2, 0.25) is 5.89 Å². The average Bonchev–Trinajstić information content (AvgIpc) is 3.01. The van der Waals surface area contributed by atoms with Crippen molar-refractivity contribution in [3.8, 4) is 17.2 Å². The Bertz CT molecular complexity index is 709. The maximum atomic E-state index is 10.7. The Kier molecular flexibility index (Phi) is 5.87. The topological polar surface area (TPSA) is 61.6 Å². The molecule has 134 valence electrons. The zero-order valence-corrected chi connectivity index (χ0v) is 14.9. The lowest BCUT2D eigenvalue weighted by atomic mass is 9.85. The number of hydrogen-bond donors (Lipinski definition) is 0. The molecule has 1 aliphatic rings. The Morgan fingerprint density at radius 2 is 2.24 bits per heavy atom. The molecule has 1 fully saturated rings. The molecule has 1 aliphatic carbocycles. The molecule has 5 heteroatoms. The summed E-state index contributed by atoms with van der Waals surface area (Å²) in [6, 6.07) is 7.66. The number of ether oxygens (including phenoxy) is 2. The van der Waals surface area contributed by atoms with Crippen molar-refractivity contribution in [3.05, 3.63) is 35.7 Å². The van der Waals surface area contributed by atoms with Crippen LogP contribution in [0.5, 0.6) is 5.75 Å². The number of aldehydes is 1. The van der Waals surface area contributed by atoms with E-state index in [9.17, 15) is 4.79 Å². The van der Waals surface area contributed by atoms with Gasteiger partial charge in [0.05, 0.1) is 19.8 Å². The molecule has 0 spiro atoms. The van der Waals surface area contributed by atoms with Crippen LogP contribution in [0.25, 0.3) is 11.5 Å². The Hall–Kier alpha value is -2.14. The third-order valence-electron chi connectivity index (χ3n) is 4.83. The van der Waals surface area contributed by atoms with Crippen molar-refractivity contribution in [1.82, 2.24) is 4.98 Å². The Morgan fingerprint density at radius 1 is 1.36 bits per heavy atom. The van der Waals surface area contributed by atoms with Crippen LogP contribution in [0.2, 0.25) is 0 Å². The predicted octanol–water partition coefficient (Wildman–Crippen LogP) is 4.32. The maximum absolute atomic E-state index is 10.7. The fraction of sp³-hybridized carbons (Fsp3) is 0.500. The highest BCUT2D eigenvalue weighted by atomic mass is 16.5. The molecule has 0 N–H and O–H groups in total. The van der Waals surface area contributed by atoms with E-state index in [2.05, 4.69) is 4.98 Å². The van der Waals surface area contributed by atoms with Crippen LogP contribution in [0.15, 0.2) is 28.7 Å². The third kappa shape index (κ3) is 4.48. The van der Waals surface area contributed by atoms with Crippen LogP contribution in [-0.2, 0) is 16.1 Å². The number of aryl methyl sites for hydroxylation is 1. The summed E-state index contributed by atoms with van der Waals surface area (Å²) in [5.74, 6) is 2.59. The van der Waals surface area contributed by atoms with Gasteiger partial charge < -0.3 is 18.7 Å². The molecule has 1 aromatic heterocycles. The summed E-state index contributed by atoms with van der Waals surface area (Å²) in [4.78, 5) is 15.3. The van der Waals surface area contributed by atoms with Crippen molar-refractivity contribution in [2.45, 2.75) is 51.7 Å². The molecule has 2 atom stereocenters. The van der Waals surface area contributed by atoms with Crippen molar-refractivity contribution >= 4 is 6.29 Å². The van der Waals surface area contributed by atoms with Gasteiger partial charge in [0.1, 0.15) is 23.5 Å². The SMILES string of the molecule is COc1cccc(-c2nc(CO[C@H]3CCC[C@@H](CC=O)C3)c(C)o2)c1. The molecule has 0 radical (unpaired) electrons. The number of rotatable bonds is 7. The zero-order chi connectivity index (χ0) is 17.6. The highest BCUT2D eigenvalue weighted by Crippen LogP contribution is 2.30. The van der Waals surface area contributed by atoms with Crippen LogP contribution in [0.4, 0.5) is 0 Å². The minimum atomic E-state index is 0.204. The molecule has 1 saturated carbocycles. The molecule has 0 aliphatic heterocycles. The minimum absolute atomic E-state index is 0.204. The molecular formula is C20H25NO4. The fourth-order valence-corrected chi connectivity index (χ4v) is 3.38. The second kappa shape index (κ2) is 8.30. The monoisotopic (exact) mass is 343 g/mol. The molecule has 0 saturated heterocycles. The van der Waals surface area contributed by atoms with Crippen molar-refractivity contribution in [2.75, 3.05) is 7.11 Å². The van der Waals surface area contributed by atoms with Crippen molar-refractivity contribution in [1.29, 1.82) is 0 Å². The van der Waals surface area contributed by atoms with E-state index in [1.807, 2.05) is 31.2 Å². The molecule has 0 amide bonds. The first-order valence-corrected chi connectivity index (χ1v) is 8.85. The Morgan fingerprint density at radius 3 is 3.04 bits per heavy atom. The molecule has 2 aromatic rings. The molecule has 25 heavy (non-hydrogen) atoms. The van der Waals surface area contributed by atoms with Gasteiger partial charge in [-0.15, -0.1) is 0 Å². The average molecular weight is 343 g/mol. The molecular weight excluding hydrogens is 318 g/mol. The second-order valence-corrected chi connectivity index (χ2v) is 6.62. The van der Waals surface area contributed by atoms with E-state index in [0.29, 0.717) is 24.8 Å². The van der Waals surface area contributed by atoms with Gasteiger partial charge in [0, 0.05) is 12.0 Å². The Labute approximate surface area is 148 Å². The first-order valence-electron chi connectivity index (χ1n) is 8.85. The summed E-state index contributed by atoms with van der Waals surface area (Å²) >= 11 is 0. The van der Waals surface area contributed by atoms with Crippen LogP contribution < -0.4 is 4.74 Å². The summed E-state index contributed by atoms with van der Waals surface area (Å²) in [5, 5.41) is 0. The standard InChI is InChI=1S/C20H25NO4/c1-14-19(13-24-18-8-3-5-15(11-18)9-10-22)21-20(25-14)16-6-4-7-17(12-16)23-2/h4,6-7,10,12,15,18H,3,5,8-9,11,13H2,1-2H3/t15-,18-/m0/s1. The summed E-state index contributed by atoms with van der Waals surface area (Å²) in [5.41, 5.74) is 1.72. The first-order chi connectivity index (χ1) is 12.2. The van der Waals surface area contributed by atoms with E-state index in [-0.39, 0.29) is 6.10 Å². The normalized spacial score (nSPS) is 20.4. The van der Waals surface area contributed by atoms with E-state index >= 15 is 0 Å². The van der Waals surface area contributed by atoms with Gasteiger partial charge in [-0.05, 0) is 50.3 Å². The van der Waals surface area contributed by atoms with E-state index < -0.39 is 0 Å². The smallest absolute Gasteiger partial charge is 0.226 e.